The van der Waals surface area contributed by atoms with Gasteiger partial charge in [-0.05, 0) is 131 Å². The second-order valence-corrected chi connectivity index (χ2v) is 23.7. The van der Waals surface area contributed by atoms with Crippen LogP contribution in [0.2, 0.25) is 0 Å². The van der Waals surface area contributed by atoms with Crippen LogP contribution in [0.5, 0.6) is 0 Å². The molecular formula is C66H57F3N18. The number of imidazole rings is 3. The monoisotopic (exact) mass is 1160 g/mol. The first-order valence-corrected chi connectivity index (χ1v) is 29.6. The molecule has 0 amide bonds. The molecule has 12 aromatic rings. The van der Waals surface area contributed by atoms with Crippen LogP contribution in [0.1, 0.15) is 111 Å². The molecule has 3 fully saturated rings. The standard InChI is InChI=1S/3C22H19FN6/c3*1-28-12-15(10-26-28)19-9-13(6-7-24-19)21-20(18-5-3-16(23)11-25-18)27-22-14-2-4-17(8-14)29(21)22/h3*3,5-7,9-12,14,17H,2,4,8H2,1H3/t2*14-,17+;/m10./s1. The fourth-order valence-corrected chi connectivity index (χ4v) is 14.4. The van der Waals surface area contributed by atoms with E-state index >= 15 is 0 Å². The molecule has 3 saturated carbocycles. The topological polar surface area (TPSA) is 184 Å². The van der Waals surface area contributed by atoms with Crippen LogP contribution < -0.4 is 0 Å². The van der Waals surface area contributed by atoms with Gasteiger partial charge in [0.05, 0.1) is 88.4 Å². The average molecular weight is 1160 g/mol. The van der Waals surface area contributed by atoms with Gasteiger partial charge >= 0.3 is 0 Å². The third-order valence-electron chi connectivity index (χ3n) is 18.2. The van der Waals surface area contributed by atoms with Crippen molar-refractivity contribution in [3.05, 3.63) is 182 Å². The van der Waals surface area contributed by atoms with Gasteiger partial charge in [0.25, 0.3) is 0 Å². The Kier molecular flexibility index (Phi) is 12.6. The van der Waals surface area contributed by atoms with Crippen LogP contribution in [-0.2, 0) is 21.1 Å². The van der Waals surface area contributed by atoms with Gasteiger partial charge in [-0.1, -0.05) is 0 Å². The largest absolute Gasteiger partial charge is 0.324 e. The predicted molar refractivity (Wildman–Crippen MR) is 319 cm³/mol. The van der Waals surface area contributed by atoms with Crippen molar-refractivity contribution in [3.63, 3.8) is 0 Å². The Hall–Kier alpha value is -10.1. The maximum atomic E-state index is 13.5. The first-order chi connectivity index (χ1) is 42.5. The van der Waals surface area contributed by atoms with Gasteiger partial charge in [-0.25, -0.2) is 28.1 Å². The van der Waals surface area contributed by atoms with E-state index in [1.165, 1.54) is 75.3 Å². The summed E-state index contributed by atoms with van der Waals surface area (Å²) in [5.41, 5.74) is 16.4. The summed E-state index contributed by atoms with van der Waals surface area (Å²) in [5.74, 6) is 3.90. The predicted octanol–water partition coefficient (Wildman–Crippen LogP) is 13.1. The number of fused-ring (bicyclic) bond motifs is 15. The Morgan fingerprint density at radius 3 is 0.920 bits per heavy atom. The summed E-state index contributed by atoms with van der Waals surface area (Å²) in [6.07, 6.45) is 31.1. The van der Waals surface area contributed by atoms with Crippen LogP contribution >= 0.6 is 0 Å². The molecular weight excluding hydrogens is 1100 g/mol. The van der Waals surface area contributed by atoms with Crippen LogP contribution in [-0.4, -0.2) is 87.9 Å². The lowest BCUT2D eigenvalue weighted by molar-refractivity contribution is 0.530. The molecule has 6 atom stereocenters. The molecule has 0 aromatic carbocycles. The van der Waals surface area contributed by atoms with Crippen molar-refractivity contribution in [1.29, 1.82) is 0 Å². The van der Waals surface area contributed by atoms with Crippen molar-refractivity contribution in [1.82, 2.24) is 87.9 Å². The first-order valence-electron chi connectivity index (χ1n) is 29.6. The van der Waals surface area contributed by atoms with E-state index in [1.54, 1.807) is 32.2 Å². The highest BCUT2D eigenvalue weighted by molar-refractivity contribution is 5.83. The molecule has 18 rings (SSSR count). The van der Waals surface area contributed by atoms with Gasteiger partial charge in [0.1, 0.15) is 52.0 Å². The van der Waals surface area contributed by atoms with Crippen molar-refractivity contribution in [2.24, 2.45) is 21.1 Å². The van der Waals surface area contributed by atoms with Gasteiger partial charge in [-0.15, -0.1) is 0 Å². The molecule has 0 N–H and O–H groups in total. The second kappa shape index (κ2) is 20.9. The molecule has 432 valence electrons. The van der Waals surface area contributed by atoms with E-state index in [0.717, 1.165) is 121 Å². The van der Waals surface area contributed by atoms with Crippen LogP contribution in [0.3, 0.4) is 0 Å². The smallest absolute Gasteiger partial charge is 0.141 e. The van der Waals surface area contributed by atoms with E-state index in [0.29, 0.717) is 53.0 Å². The summed E-state index contributed by atoms with van der Waals surface area (Å²) in [4.78, 5) is 41.6. The lowest BCUT2D eigenvalue weighted by Crippen LogP contribution is -2.08. The number of pyridine rings is 6. The third kappa shape index (κ3) is 9.25. The van der Waals surface area contributed by atoms with E-state index in [9.17, 15) is 13.2 Å². The van der Waals surface area contributed by atoms with E-state index in [-0.39, 0.29) is 17.5 Å². The highest BCUT2D eigenvalue weighted by Gasteiger charge is 2.44. The minimum atomic E-state index is -0.343. The molecule has 6 bridgehead atoms. The zero-order chi connectivity index (χ0) is 58.6. The number of halogens is 3. The maximum Gasteiger partial charge on any atom is 0.141 e. The number of aryl methyl sites for hydroxylation is 3. The van der Waals surface area contributed by atoms with Crippen LogP contribution in [0.4, 0.5) is 13.2 Å². The average Bonchev–Trinajstić information content (AvgIpc) is 1.74. The summed E-state index contributed by atoms with van der Waals surface area (Å²) >= 11 is 0. The number of hydrogen-bond acceptors (Lipinski definition) is 12. The van der Waals surface area contributed by atoms with Crippen LogP contribution in [0.25, 0.3) is 102 Å². The normalized spacial score (nSPS) is 19.7. The summed E-state index contributed by atoms with van der Waals surface area (Å²) in [7, 11) is 5.69. The van der Waals surface area contributed by atoms with Crippen LogP contribution in [0.15, 0.2) is 147 Å². The minimum absolute atomic E-state index is 0.343. The molecule has 87 heavy (non-hydrogen) atoms. The molecule has 0 radical (unpaired) electrons. The summed E-state index contributed by atoms with van der Waals surface area (Å²) in [6.45, 7) is 0. The first kappa shape index (κ1) is 52.5. The van der Waals surface area contributed by atoms with Crippen molar-refractivity contribution >= 4 is 0 Å². The van der Waals surface area contributed by atoms with E-state index in [4.69, 9.17) is 15.0 Å². The van der Waals surface area contributed by atoms with Gasteiger partial charge in [0.2, 0.25) is 0 Å². The summed E-state index contributed by atoms with van der Waals surface area (Å²) < 4.78 is 52.9. The molecule has 6 aliphatic rings. The molecule has 21 heteroatoms. The molecule has 18 nitrogen and oxygen atoms in total. The summed E-state index contributed by atoms with van der Waals surface area (Å²) in [6, 6.07) is 23.2. The Balaban J connectivity index is 0.000000106. The number of aromatic nitrogens is 18. The van der Waals surface area contributed by atoms with Gasteiger partial charge in [-0.3, -0.25) is 43.9 Å². The Labute approximate surface area is 497 Å². The second-order valence-electron chi connectivity index (χ2n) is 23.7. The Morgan fingerprint density at radius 1 is 0.345 bits per heavy atom. The zero-order valence-electron chi connectivity index (χ0n) is 47.9. The molecule has 3 aliphatic carbocycles. The number of nitrogens with zero attached hydrogens (tertiary/aromatic N) is 18. The SMILES string of the molecule is Cn1cc(-c2cc(-c3c(-c4ccc(F)cn4)nc4n3C3CCC4C3)ccn2)cn1.Cn1cc(-c2cc(-c3c(-c4ccc(F)cn4)nc4n3[C@@H]3CC[C@H]4C3)ccn2)cn1.Cn1cc(-c2cc(-c3c(-c4ccc(F)cn4)nc4n3[C@H]3CC[C@@H]4C3)ccn2)cn1. The van der Waals surface area contributed by atoms with Crippen molar-refractivity contribution < 1.29 is 13.2 Å². The summed E-state index contributed by atoms with van der Waals surface area (Å²) in [5, 5.41) is 12.8. The number of rotatable bonds is 9. The highest BCUT2D eigenvalue weighted by Crippen LogP contribution is 2.55. The van der Waals surface area contributed by atoms with E-state index < -0.39 is 0 Å². The zero-order valence-corrected chi connectivity index (χ0v) is 47.9. The number of hydrogen-bond donors (Lipinski definition) is 0. The van der Waals surface area contributed by atoms with Gasteiger partial charge in [0.15, 0.2) is 0 Å². The van der Waals surface area contributed by atoms with Crippen molar-refractivity contribution in [3.8, 4) is 102 Å². The molecule has 2 unspecified atom stereocenters. The lowest BCUT2D eigenvalue weighted by atomic mass is 10.1. The minimum Gasteiger partial charge on any atom is -0.324 e. The van der Waals surface area contributed by atoms with Gasteiger partial charge in [0, 0.05) is 128 Å². The fourth-order valence-electron chi connectivity index (χ4n) is 14.4. The van der Waals surface area contributed by atoms with Crippen molar-refractivity contribution in [2.75, 3.05) is 0 Å². The van der Waals surface area contributed by atoms with Gasteiger partial charge in [-0.2, -0.15) is 15.3 Å². The molecule has 12 aromatic heterocycles. The molecule has 0 spiro atoms. The molecule has 3 aliphatic heterocycles. The fraction of sp³-hybridized carbons (Fsp3) is 0.273. The third-order valence-corrected chi connectivity index (χ3v) is 18.2. The van der Waals surface area contributed by atoms with Crippen LogP contribution in [0, 0.1) is 17.5 Å². The maximum absolute atomic E-state index is 13.5. The molecule has 15 heterocycles. The molecule has 0 saturated heterocycles. The van der Waals surface area contributed by atoms with E-state index in [2.05, 4.69) is 77.1 Å². The van der Waals surface area contributed by atoms with Crippen molar-refractivity contribution in [2.45, 2.75) is 93.7 Å². The Bertz CT molecular complexity index is 4130. The lowest BCUT2D eigenvalue weighted by Gasteiger charge is -2.17. The highest BCUT2D eigenvalue weighted by atomic mass is 19.1. The van der Waals surface area contributed by atoms with Gasteiger partial charge < -0.3 is 13.7 Å². The quantitative estimate of drug-likeness (QED) is 0.133. The van der Waals surface area contributed by atoms with E-state index in [1.807, 2.05) is 95.1 Å². The Morgan fingerprint density at radius 2 is 0.655 bits per heavy atom.